The summed E-state index contributed by atoms with van der Waals surface area (Å²) in [5, 5.41) is 23.3. The number of nitro groups is 1. The Morgan fingerprint density at radius 1 is 1.24 bits per heavy atom. The summed E-state index contributed by atoms with van der Waals surface area (Å²) in [5.74, 6) is -0.180. The van der Waals surface area contributed by atoms with Crippen LogP contribution in [-0.4, -0.2) is 20.9 Å². The van der Waals surface area contributed by atoms with Crippen molar-refractivity contribution in [2.75, 3.05) is 5.32 Å². The van der Waals surface area contributed by atoms with Crippen LogP contribution in [0.3, 0.4) is 0 Å². The minimum absolute atomic E-state index is 0.0464. The summed E-state index contributed by atoms with van der Waals surface area (Å²) in [6.45, 7) is 0. The smallest absolute Gasteiger partial charge is 0.270 e. The van der Waals surface area contributed by atoms with E-state index in [0.717, 1.165) is 0 Å². The average molecular weight is 285 g/mol. The predicted octanol–water partition coefficient (Wildman–Crippen LogP) is 2.25. The molecule has 2 heterocycles. The van der Waals surface area contributed by atoms with E-state index in [4.69, 9.17) is 0 Å². The Hall–Kier alpha value is -2.96. The van der Waals surface area contributed by atoms with Crippen molar-refractivity contribution in [3.8, 4) is 16.9 Å². The largest absolute Gasteiger partial charge is 0.506 e. The van der Waals surface area contributed by atoms with Crippen molar-refractivity contribution in [2.24, 2.45) is 0 Å². The normalized spacial score (nSPS) is 13.4. The lowest BCUT2D eigenvalue weighted by atomic mass is 9.95. The summed E-state index contributed by atoms with van der Waals surface area (Å²) in [5.41, 5.74) is 2.20. The van der Waals surface area contributed by atoms with Gasteiger partial charge in [0.15, 0.2) is 0 Å². The molecule has 1 aromatic carbocycles. The minimum Gasteiger partial charge on any atom is -0.506 e. The number of carbonyl (C=O) groups is 1. The van der Waals surface area contributed by atoms with Crippen molar-refractivity contribution in [2.45, 2.75) is 12.8 Å². The molecule has 2 aromatic rings. The van der Waals surface area contributed by atoms with Gasteiger partial charge in [0.1, 0.15) is 5.75 Å². The van der Waals surface area contributed by atoms with E-state index in [2.05, 4.69) is 10.3 Å². The van der Waals surface area contributed by atoms with E-state index in [1.807, 2.05) is 0 Å². The summed E-state index contributed by atoms with van der Waals surface area (Å²) in [7, 11) is 0. The van der Waals surface area contributed by atoms with Gasteiger partial charge in [-0.3, -0.25) is 19.9 Å². The average Bonchev–Trinajstić information content (AvgIpc) is 2.46. The van der Waals surface area contributed by atoms with Gasteiger partial charge in [-0.05, 0) is 18.1 Å². The highest BCUT2D eigenvalue weighted by Gasteiger charge is 2.23. The molecule has 3 rings (SSSR count). The number of hydrogen-bond donors (Lipinski definition) is 2. The number of aromatic nitrogens is 1. The molecule has 0 radical (unpaired) electrons. The van der Waals surface area contributed by atoms with Gasteiger partial charge in [-0.1, -0.05) is 0 Å². The van der Waals surface area contributed by atoms with Crippen LogP contribution in [0.4, 0.5) is 11.4 Å². The van der Waals surface area contributed by atoms with Crippen molar-refractivity contribution in [3.63, 3.8) is 0 Å². The maximum atomic E-state index is 11.6. The number of amides is 1. The molecule has 0 unspecified atom stereocenters. The van der Waals surface area contributed by atoms with Crippen LogP contribution in [0.2, 0.25) is 0 Å². The van der Waals surface area contributed by atoms with Crippen LogP contribution in [0.5, 0.6) is 5.75 Å². The van der Waals surface area contributed by atoms with Gasteiger partial charge in [-0.25, -0.2) is 0 Å². The Morgan fingerprint density at radius 3 is 2.76 bits per heavy atom. The fourth-order valence-electron chi connectivity index (χ4n) is 2.39. The maximum absolute atomic E-state index is 11.6. The van der Waals surface area contributed by atoms with Crippen LogP contribution in [0.15, 0.2) is 30.6 Å². The van der Waals surface area contributed by atoms with Crippen LogP contribution < -0.4 is 5.32 Å². The highest BCUT2D eigenvalue weighted by molar-refractivity contribution is 5.99. The maximum Gasteiger partial charge on any atom is 0.270 e. The van der Waals surface area contributed by atoms with Gasteiger partial charge < -0.3 is 10.4 Å². The van der Waals surface area contributed by atoms with Gasteiger partial charge in [0, 0.05) is 35.9 Å². The number of anilines is 1. The van der Waals surface area contributed by atoms with Crippen LogP contribution in [0.25, 0.3) is 11.1 Å². The Kier molecular flexibility index (Phi) is 3.02. The molecule has 0 aliphatic carbocycles. The molecule has 0 bridgehead atoms. The quantitative estimate of drug-likeness (QED) is 0.650. The van der Waals surface area contributed by atoms with Gasteiger partial charge in [0.2, 0.25) is 5.91 Å². The standard InChI is InChI=1S/C14H11N3O4/c18-11-4-9(6-15-7-11)12-5-10(17(20)21)3-8-1-2-13(19)16-14(8)12/h3-7,18H,1-2H2,(H,16,19). The molecule has 106 valence electrons. The van der Waals surface area contributed by atoms with Crippen LogP contribution >= 0.6 is 0 Å². The lowest BCUT2D eigenvalue weighted by Gasteiger charge is -2.20. The summed E-state index contributed by atoms with van der Waals surface area (Å²) < 4.78 is 0. The van der Waals surface area contributed by atoms with Gasteiger partial charge >= 0.3 is 0 Å². The fraction of sp³-hybridized carbons (Fsp3) is 0.143. The minimum atomic E-state index is -0.476. The molecule has 2 N–H and O–H groups in total. The van der Waals surface area contributed by atoms with E-state index in [9.17, 15) is 20.0 Å². The van der Waals surface area contributed by atoms with Gasteiger partial charge in [0.05, 0.1) is 16.8 Å². The number of pyridine rings is 1. The Balaban J connectivity index is 2.24. The number of nitrogens with one attached hydrogen (secondary N) is 1. The lowest BCUT2D eigenvalue weighted by Crippen LogP contribution is -2.20. The van der Waals surface area contributed by atoms with E-state index in [1.54, 1.807) is 0 Å². The zero-order valence-corrected chi connectivity index (χ0v) is 10.9. The molecule has 7 heteroatoms. The van der Waals surface area contributed by atoms with E-state index < -0.39 is 4.92 Å². The number of rotatable bonds is 2. The number of aromatic hydroxyl groups is 1. The first kappa shape index (κ1) is 13.0. The summed E-state index contributed by atoms with van der Waals surface area (Å²) >= 11 is 0. The lowest BCUT2D eigenvalue weighted by molar-refractivity contribution is -0.384. The third-order valence-corrected chi connectivity index (χ3v) is 3.34. The van der Waals surface area contributed by atoms with E-state index in [1.165, 1.54) is 30.6 Å². The highest BCUT2D eigenvalue weighted by atomic mass is 16.6. The number of nitro benzene ring substituents is 1. The molecule has 0 spiro atoms. The molecule has 0 atom stereocenters. The first-order chi connectivity index (χ1) is 10.0. The topological polar surface area (TPSA) is 105 Å². The molecular formula is C14H11N3O4. The van der Waals surface area contributed by atoms with Gasteiger partial charge in [0.25, 0.3) is 5.69 Å². The van der Waals surface area contributed by atoms with E-state index in [-0.39, 0.29) is 17.3 Å². The molecule has 1 aromatic heterocycles. The van der Waals surface area contributed by atoms with Crippen molar-refractivity contribution in [3.05, 3.63) is 46.3 Å². The highest BCUT2D eigenvalue weighted by Crippen LogP contribution is 2.38. The number of aryl methyl sites for hydroxylation is 1. The molecule has 0 saturated carbocycles. The second kappa shape index (κ2) is 4.86. The number of carbonyl (C=O) groups excluding carboxylic acids is 1. The molecule has 0 saturated heterocycles. The summed E-state index contributed by atoms with van der Waals surface area (Å²) in [6, 6.07) is 4.29. The van der Waals surface area contributed by atoms with E-state index in [0.29, 0.717) is 35.2 Å². The zero-order chi connectivity index (χ0) is 15.0. The number of non-ortho nitro benzene ring substituents is 1. The third kappa shape index (κ3) is 2.40. The van der Waals surface area contributed by atoms with E-state index >= 15 is 0 Å². The number of nitrogens with zero attached hydrogens (tertiary/aromatic N) is 2. The van der Waals surface area contributed by atoms with Crippen LogP contribution in [-0.2, 0) is 11.2 Å². The van der Waals surface area contributed by atoms with Gasteiger partial charge in [-0.15, -0.1) is 0 Å². The molecule has 21 heavy (non-hydrogen) atoms. The Labute approximate surface area is 119 Å². The SMILES string of the molecule is O=C1CCc2cc([N+](=O)[O-])cc(-c3cncc(O)c3)c2N1. The Morgan fingerprint density at radius 2 is 2.05 bits per heavy atom. The first-order valence-corrected chi connectivity index (χ1v) is 6.30. The van der Waals surface area contributed by atoms with Crippen LogP contribution in [0.1, 0.15) is 12.0 Å². The fourth-order valence-corrected chi connectivity index (χ4v) is 2.39. The third-order valence-electron chi connectivity index (χ3n) is 3.34. The molecule has 0 fully saturated rings. The van der Waals surface area contributed by atoms with Gasteiger partial charge in [-0.2, -0.15) is 0 Å². The molecule has 1 aliphatic heterocycles. The number of fused-ring (bicyclic) bond motifs is 1. The van der Waals surface area contributed by atoms with Crippen molar-refractivity contribution in [1.82, 2.24) is 4.98 Å². The number of hydrogen-bond acceptors (Lipinski definition) is 5. The molecule has 7 nitrogen and oxygen atoms in total. The zero-order valence-electron chi connectivity index (χ0n) is 10.9. The Bertz CT molecular complexity index is 758. The second-order valence-electron chi connectivity index (χ2n) is 4.76. The molecule has 1 aliphatic rings. The molecular weight excluding hydrogens is 274 g/mol. The van der Waals surface area contributed by atoms with Crippen molar-refractivity contribution in [1.29, 1.82) is 0 Å². The molecule has 1 amide bonds. The monoisotopic (exact) mass is 285 g/mol. The predicted molar refractivity (Wildman–Crippen MR) is 74.9 cm³/mol. The van der Waals surface area contributed by atoms with Crippen LogP contribution in [0, 0.1) is 10.1 Å². The summed E-state index contributed by atoms with van der Waals surface area (Å²) in [6.07, 6.45) is 3.50. The van der Waals surface area contributed by atoms with Crippen molar-refractivity contribution < 1.29 is 14.8 Å². The van der Waals surface area contributed by atoms with Crippen molar-refractivity contribution >= 4 is 17.3 Å². The second-order valence-corrected chi connectivity index (χ2v) is 4.76. The number of benzene rings is 1. The summed E-state index contributed by atoms with van der Waals surface area (Å²) in [4.78, 5) is 26.0. The first-order valence-electron chi connectivity index (χ1n) is 6.30.